The van der Waals surface area contributed by atoms with Gasteiger partial charge in [0.15, 0.2) is 0 Å². The average molecular weight is 342 g/mol. The van der Waals surface area contributed by atoms with Gasteiger partial charge in [-0.1, -0.05) is 0 Å². The van der Waals surface area contributed by atoms with Crippen LogP contribution in [0.5, 0.6) is 0 Å². The Morgan fingerprint density at radius 1 is 1.60 bits per heavy atom. The van der Waals surface area contributed by atoms with Gasteiger partial charge in [0.05, 0.1) is 6.54 Å². The number of carbonyl (C=O) groups is 2. The van der Waals surface area contributed by atoms with Gasteiger partial charge in [-0.2, -0.15) is 0 Å². The molecule has 0 aromatic carbocycles. The molecule has 0 radical (unpaired) electrons. The minimum Gasteiger partial charge on any atom is -0.461 e. The van der Waals surface area contributed by atoms with Crippen molar-refractivity contribution in [2.75, 3.05) is 18.9 Å². The van der Waals surface area contributed by atoms with Crippen molar-refractivity contribution in [3.05, 3.63) is 22.8 Å². The molecule has 1 aliphatic heterocycles. The number of nitrogens with zero attached hydrogens (tertiary/aromatic N) is 2. The molecule has 0 saturated carbocycles. The molecule has 0 bridgehead atoms. The first-order chi connectivity index (χ1) is 9.45. The van der Waals surface area contributed by atoms with E-state index in [1.807, 2.05) is 6.92 Å². The summed E-state index contributed by atoms with van der Waals surface area (Å²) in [5.74, 6) is -0.00166. The number of ether oxygens (including phenoxy) is 1. The number of likely N-dealkylation sites (N-methyl/N-ethyl adjacent to an activating group) is 1. The van der Waals surface area contributed by atoms with Gasteiger partial charge in [0.1, 0.15) is 18.0 Å². The molecule has 1 aromatic heterocycles. The number of amides is 1. The molecule has 1 N–H and O–H groups in total. The van der Waals surface area contributed by atoms with Crippen LogP contribution in [0.1, 0.15) is 13.3 Å². The third-order valence-corrected chi connectivity index (χ3v) is 3.53. The maximum absolute atomic E-state index is 11.9. The Morgan fingerprint density at radius 2 is 2.35 bits per heavy atom. The summed E-state index contributed by atoms with van der Waals surface area (Å²) in [5.41, 5.74) is 0. The predicted octanol–water partition coefficient (Wildman–Crippen LogP) is 1.42. The summed E-state index contributed by atoms with van der Waals surface area (Å²) in [4.78, 5) is 29.2. The number of carbonyl (C=O) groups excluding carboxylic acids is 2. The zero-order valence-electron chi connectivity index (χ0n) is 11.3. The van der Waals surface area contributed by atoms with Crippen molar-refractivity contribution >= 4 is 33.6 Å². The van der Waals surface area contributed by atoms with Crippen LogP contribution in [0.3, 0.4) is 0 Å². The predicted molar refractivity (Wildman–Crippen MR) is 77.2 cm³/mol. The summed E-state index contributed by atoms with van der Waals surface area (Å²) >= 11 is 3.27. The van der Waals surface area contributed by atoms with Crippen LogP contribution in [0, 0.1) is 0 Å². The number of hydrogen-bond acceptors (Lipinski definition) is 5. The third-order valence-electron chi connectivity index (χ3n) is 3.06. The molecule has 108 valence electrons. The highest BCUT2D eigenvalue weighted by Crippen LogP contribution is 2.18. The maximum atomic E-state index is 11.9. The molecule has 7 heteroatoms. The molecular weight excluding hydrogens is 326 g/mol. The summed E-state index contributed by atoms with van der Waals surface area (Å²) in [6, 6.07) is 3.14. The highest BCUT2D eigenvalue weighted by molar-refractivity contribution is 9.10. The number of halogens is 1. The molecule has 2 heterocycles. The number of cyclic esters (lactones) is 1. The van der Waals surface area contributed by atoms with E-state index in [1.54, 1.807) is 30.3 Å². The molecule has 1 amide bonds. The van der Waals surface area contributed by atoms with Gasteiger partial charge in [0.25, 0.3) is 0 Å². The number of esters is 1. The zero-order chi connectivity index (χ0) is 14.7. The molecule has 6 nitrogen and oxygen atoms in total. The maximum Gasteiger partial charge on any atom is 0.323 e. The second-order valence-corrected chi connectivity index (χ2v) is 5.74. The lowest BCUT2D eigenvalue weighted by atomic mass is 10.1. The van der Waals surface area contributed by atoms with Gasteiger partial charge in [0, 0.05) is 17.1 Å². The summed E-state index contributed by atoms with van der Waals surface area (Å²) in [7, 11) is 1.73. The Kier molecular flexibility index (Phi) is 4.72. The molecule has 2 rings (SSSR count). The number of anilines is 1. The molecule has 20 heavy (non-hydrogen) atoms. The van der Waals surface area contributed by atoms with Crippen LogP contribution in [0.25, 0.3) is 0 Å². The van der Waals surface area contributed by atoms with Crippen LogP contribution in [0.4, 0.5) is 5.82 Å². The summed E-state index contributed by atoms with van der Waals surface area (Å²) < 4.78 is 5.92. The van der Waals surface area contributed by atoms with Crippen molar-refractivity contribution in [2.45, 2.75) is 25.5 Å². The van der Waals surface area contributed by atoms with Crippen molar-refractivity contribution < 1.29 is 14.3 Å². The standard InChI is InChI=1S/C13H16BrN3O3/c1-8-5-10(13(19)20-8)17(2)7-12(18)16-11-4-3-9(14)6-15-11/h3-4,6,8,10H,5,7H2,1-2H3,(H,15,16,18). The fourth-order valence-electron chi connectivity index (χ4n) is 2.06. The second kappa shape index (κ2) is 6.32. The van der Waals surface area contributed by atoms with E-state index in [-0.39, 0.29) is 30.6 Å². The molecule has 1 fully saturated rings. The molecule has 1 saturated heterocycles. The Morgan fingerprint density at radius 3 is 2.90 bits per heavy atom. The first-order valence-electron chi connectivity index (χ1n) is 6.28. The third kappa shape index (κ3) is 3.77. The van der Waals surface area contributed by atoms with E-state index in [0.717, 1.165) is 4.47 Å². The smallest absolute Gasteiger partial charge is 0.323 e. The lowest BCUT2D eigenvalue weighted by Crippen LogP contribution is -2.40. The van der Waals surface area contributed by atoms with Crippen molar-refractivity contribution in [1.82, 2.24) is 9.88 Å². The van der Waals surface area contributed by atoms with Gasteiger partial charge in [-0.15, -0.1) is 0 Å². The summed E-state index contributed by atoms with van der Waals surface area (Å²) in [6.07, 6.45) is 2.13. The van der Waals surface area contributed by atoms with Gasteiger partial charge in [-0.25, -0.2) is 4.98 Å². The highest BCUT2D eigenvalue weighted by Gasteiger charge is 2.35. The highest BCUT2D eigenvalue weighted by atomic mass is 79.9. The molecule has 1 aromatic rings. The van der Waals surface area contributed by atoms with E-state index in [0.29, 0.717) is 12.2 Å². The van der Waals surface area contributed by atoms with Gasteiger partial charge < -0.3 is 10.1 Å². The minimum atomic E-state index is -0.353. The number of pyridine rings is 1. The van der Waals surface area contributed by atoms with E-state index in [9.17, 15) is 9.59 Å². The fraction of sp³-hybridized carbons (Fsp3) is 0.462. The Balaban J connectivity index is 1.88. The fourth-order valence-corrected chi connectivity index (χ4v) is 2.30. The van der Waals surface area contributed by atoms with Crippen LogP contribution in [0.15, 0.2) is 22.8 Å². The molecule has 2 unspecified atom stereocenters. The summed E-state index contributed by atoms with van der Waals surface area (Å²) in [6.45, 7) is 1.96. The lowest BCUT2D eigenvalue weighted by Gasteiger charge is -2.20. The number of nitrogens with one attached hydrogen (secondary N) is 1. The van der Waals surface area contributed by atoms with Gasteiger partial charge >= 0.3 is 5.97 Å². The van der Waals surface area contributed by atoms with Gasteiger partial charge in [-0.05, 0) is 42.0 Å². The van der Waals surface area contributed by atoms with Gasteiger partial charge in [-0.3, -0.25) is 14.5 Å². The van der Waals surface area contributed by atoms with Crippen LogP contribution in [-0.2, 0) is 14.3 Å². The lowest BCUT2D eigenvalue weighted by molar-refractivity contribution is -0.144. The molecule has 1 aliphatic rings. The van der Waals surface area contributed by atoms with Crippen molar-refractivity contribution in [1.29, 1.82) is 0 Å². The van der Waals surface area contributed by atoms with E-state index in [1.165, 1.54) is 0 Å². The van der Waals surface area contributed by atoms with Crippen LogP contribution >= 0.6 is 15.9 Å². The quantitative estimate of drug-likeness (QED) is 0.838. The first-order valence-corrected chi connectivity index (χ1v) is 7.07. The molecule has 0 aliphatic carbocycles. The first kappa shape index (κ1) is 14.9. The largest absolute Gasteiger partial charge is 0.461 e. The number of hydrogen-bond donors (Lipinski definition) is 1. The second-order valence-electron chi connectivity index (χ2n) is 4.82. The van der Waals surface area contributed by atoms with E-state index < -0.39 is 0 Å². The molecule has 0 spiro atoms. The Labute approximate surface area is 125 Å². The Hall–Kier alpha value is -1.47. The number of aromatic nitrogens is 1. The van der Waals surface area contributed by atoms with Crippen molar-refractivity contribution in [3.63, 3.8) is 0 Å². The van der Waals surface area contributed by atoms with Crippen molar-refractivity contribution in [2.24, 2.45) is 0 Å². The molecular formula is C13H16BrN3O3. The van der Waals surface area contributed by atoms with E-state index >= 15 is 0 Å². The SMILES string of the molecule is CC1CC(N(C)CC(=O)Nc2ccc(Br)cn2)C(=O)O1. The van der Waals surface area contributed by atoms with Crippen LogP contribution in [0.2, 0.25) is 0 Å². The number of rotatable bonds is 4. The topological polar surface area (TPSA) is 71.5 Å². The zero-order valence-corrected chi connectivity index (χ0v) is 12.9. The van der Waals surface area contributed by atoms with E-state index in [2.05, 4.69) is 26.2 Å². The van der Waals surface area contributed by atoms with Crippen LogP contribution < -0.4 is 5.32 Å². The average Bonchev–Trinajstić information content (AvgIpc) is 2.71. The minimum absolute atomic E-state index is 0.0915. The van der Waals surface area contributed by atoms with E-state index in [4.69, 9.17) is 4.74 Å². The van der Waals surface area contributed by atoms with Gasteiger partial charge in [0.2, 0.25) is 5.91 Å². The van der Waals surface area contributed by atoms with Crippen LogP contribution in [-0.4, -0.2) is 47.5 Å². The Bertz CT molecular complexity index is 506. The van der Waals surface area contributed by atoms with Crippen molar-refractivity contribution in [3.8, 4) is 0 Å². The molecule has 2 atom stereocenters. The summed E-state index contributed by atoms with van der Waals surface area (Å²) in [5, 5.41) is 2.68. The monoisotopic (exact) mass is 341 g/mol. The normalized spacial score (nSPS) is 21.9.